The van der Waals surface area contributed by atoms with Crippen LogP contribution in [0.25, 0.3) is 5.82 Å². The first-order valence-corrected chi connectivity index (χ1v) is 9.03. The first-order valence-electron chi connectivity index (χ1n) is 9.03. The summed E-state index contributed by atoms with van der Waals surface area (Å²) in [5.41, 5.74) is 2.62. The predicted molar refractivity (Wildman–Crippen MR) is 104 cm³/mol. The molecule has 8 nitrogen and oxygen atoms in total. The van der Waals surface area contributed by atoms with Crippen LogP contribution in [-0.2, 0) is 9.59 Å². The van der Waals surface area contributed by atoms with Crippen LogP contribution in [0.15, 0.2) is 48.8 Å². The van der Waals surface area contributed by atoms with Crippen molar-refractivity contribution in [3.05, 3.63) is 60.2 Å². The van der Waals surface area contributed by atoms with Crippen LogP contribution in [0.2, 0.25) is 0 Å². The fraction of sp³-hybridized carbons (Fsp3) is 0.250. The van der Waals surface area contributed by atoms with Gasteiger partial charge in [-0.25, -0.2) is 14.6 Å². The van der Waals surface area contributed by atoms with Gasteiger partial charge in [-0.15, -0.1) is 0 Å². The van der Waals surface area contributed by atoms with E-state index in [0.717, 1.165) is 17.1 Å². The van der Waals surface area contributed by atoms with Gasteiger partial charge in [0.2, 0.25) is 11.8 Å². The molecule has 3 heterocycles. The van der Waals surface area contributed by atoms with Crippen molar-refractivity contribution in [2.24, 2.45) is 5.92 Å². The van der Waals surface area contributed by atoms with Crippen LogP contribution >= 0.6 is 0 Å². The van der Waals surface area contributed by atoms with Crippen LogP contribution in [0.1, 0.15) is 17.8 Å². The molecule has 1 aromatic carbocycles. The SMILES string of the molecule is Cc1cc(C)n(-c2cc(NC(=O)C3CC(=O)N(c4ccccc4)C3)ncn2)n1. The van der Waals surface area contributed by atoms with Crippen LogP contribution in [0, 0.1) is 19.8 Å². The number of aryl methyl sites for hydroxylation is 2. The largest absolute Gasteiger partial charge is 0.312 e. The van der Waals surface area contributed by atoms with E-state index >= 15 is 0 Å². The Balaban J connectivity index is 1.48. The maximum absolute atomic E-state index is 12.7. The summed E-state index contributed by atoms with van der Waals surface area (Å²) in [6, 6.07) is 13.0. The third kappa shape index (κ3) is 3.48. The minimum Gasteiger partial charge on any atom is -0.312 e. The Morgan fingerprint density at radius 1 is 1.14 bits per heavy atom. The number of hydrogen-bond acceptors (Lipinski definition) is 5. The van der Waals surface area contributed by atoms with E-state index in [9.17, 15) is 9.59 Å². The number of para-hydroxylation sites is 1. The van der Waals surface area contributed by atoms with Gasteiger partial charge in [-0.05, 0) is 32.0 Å². The molecule has 1 N–H and O–H groups in total. The Kier molecular flexibility index (Phi) is 4.60. The molecule has 1 fully saturated rings. The van der Waals surface area contributed by atoms with E-state index < -0.39 is 5.92 Å². The molecule has 8 heteroatoms. The molecule has 28 heavy (non-hydrogen) atoms. The quantitative estimate of drug-likeness (QED) is 0.754. The Labute approximate surface area is 162 Å². The fourth-order valence-electron chi connectivity index (χ4n) is 3.36. The maximum Gasteiger partial charge on any atom is 0.230 e. The number of aromatic nitrogens is 4. The molecule has 0 radical (unpaired) electrons. The zero-order valence-electron chi connectivity index (χ0n) is 15.7. The molecule has 3 aromatic rings. The molecule has 0 aliphatic carbocycles. The molecule has 0 bridgehead atoms. The highest BCUT2D eigenvalue weighted by Crippen LogP contribution is 2.25. The topological polar surface area (TPSA) is 93.0 Å². The lowest BCUT2D eigenvalue weighted by atomic mass is 10.1. The highest BCUT2D eigenvalue weighted by Gasteiger charge is 2.35. The monoisotopic (exact) mass is 376 g/mol. The molecule has 1 aliphatic heterocycles. The second kappa shape index (κ2) is 7.22. The zero-order valence-corrected chi connectivity index (χ0v) is 15.7. The van der Waals surface area contributed by atoms with Crippen molar-refractivity contribution in [3.8, 4) is 5.82 Å². The van der Waals surface area contributed by atoms with Gasteiger partial charge in [0, 0.05) is 30.4 Å². The van der Waals surface area contributed by atoms with E-state index in [0.29, 0.717) is 18.2 Å². The molecule has 2 amide bonds. The number of hydrogen-bond donors (Lipinski definition) is 1. The lowest BCUT2D eigenvalue weighted by Gasteiger charge is -2.16. The minimum atomic E-state index is -0.431. The second-order valence-corrected chi connectivity index (χ2v) is 6.83. The molecule has 0 spiro atoms. The Morgan fingerprint density at radius 2 is 1.93 bits per heavy atom. The second-order valence-electron chi connectivity index (χ2n) is 6.83. The molecule has 0 saturated carbocycles. The first-order chi connectivity index (χ1) is 13.5. The number of nitrogens with zero attached hydrogens (tertiary/aromatic N) is 5. The Bertz CT molecular complexity index is 1030. The fourth-order valence-corrected chi connectivity index (χ4v) is 3.36. The van der Waals surface area contributed by atoms with Gasteiger partial charge in [0.05, 0.1) is 11.6 Å². The summed E-state index contributed by atoms with van der Waals surface area (Å²) in [6.07, 6.45) is 1.56. The Morgan fingerprint density at radius 3 is 2.64 bits per heavy atom. The summed E-state index contributed by atoms with van der Waals surface area (Å²) in [6.45, 7) is 4.19. The van der Waals surface area contributed by atoms with Crippen molar-refractivity contribution in [3.63, 3.8) is 0 Å². The predicted octanol–water partition coefficient (Wildman–Crippen LogP) is 2.27. The number of amides is 2. The Hall–Kier alpha value is -3.55. The number of benzene rings is 1. The number of anilines is 2. The van der Waals surface area contributed by atoms with Crippen LogP contribution in [0.3, 0.4) is 0 Å². The van der Waals surface area contributed by atoms with Gasteiger partial charge in [-0.3, -0.25) is 9.59 Å². The average Bonchev–Trinajstić information content (AvgIpc) is 3.24. The van der Waals surface area contributed by atoms with Crippen LogP contribution in [-0.4, -0.2) is 38.1 Å². The van der Waals surface area contributed by atoms with Crippen LogP contribution in [0.5, 0.6) is 0 Å². The van der Waals surface area contributed by atoms with Gasteiger partial charge in [-0.2, -0.15) is 5.10 Å². The van der Waals surface area contributed by atoms with E-state index in [4.69, 9.17) is 0 Å². The lowest BCUT2D eigenvalue weighted by Crippen LogP contribution is -2.28. The number of carbonyl (C=O) groups excluding carboxylic acids is 2. The third-order valence-corrected chi connectivity index (χ3v) is 4.69. The normalized spacial score (nSPS) is 16.4. The van der Waals surface area contributed by atoms with Crippen LogP contribution < -0.4 is 10.2 Å². The smallest absolute Gasteiger partial charge is 0.230 e. The number of nitrogens with one attached hydrogen (secondary N) is 1. The van der Waals surface area contributed by atoms with Gasteiger partial charge < -0.3 is 10.2 Å². The van der Waals surface area contributed by atoms with Crippen molar-refractivity contribution in [1.82, 2.24) is 19.7 Å². The van der Waals surface area contributed by atoms with E-state index in [1.54, 1.807) is 15.6 Å². The number of carbonyl (C=O) groups is 2. The van der Waals surface area contributed by atoms with Gasteiger partial charge in [-0.1, -0.05) is 18.2 Å². The molecule has 1 saturated heterocycles. The van der Waals surface area contributed by atoms with Crippen molar-refractivity contribution < 1.29 is 9.59 Å². The van der Waals surface area contributed by atoms with E-state index in [1.165, 1.54) is 6.33 Å². The molecule has 1 atom stereocenters. The summed E-state index contributed by atoms with van der Waals surface area (Å²) >= 11 is 0. The maximum atomic E-state index is 12.7. The number of rotatable bonds is 4. The third-order valence-electron chi connectivity index (χ3n) is 4.69. The van der Waals surface area contributed by atoms with Crippen molar-refractivity contribution in [2.45, 2.75) is 20.3 Å². The first kappa shape index (κ1) is 17.8. The van der Waals surface area contributed by atoms with Crippen molar-refractivity contribution in [1.29, 1.82) is 0 Å². The van der Waals surface area contributed by atoms with Crippen molar-refractivity contribution >= 4 is 23.3 Å². The highest BCUT2D eigenvalue weighted by molar-refractivity contribution is 6.03. The minimum absolute atomic E-state index is 0.0580. The van der Waals surface area contributed by atoms with Crippen LogP contribution in [0.4, 0.5) is 11.5 Å². The van der Waals surface area contributed by atoms with E-state index in [1.807, 2.05) is 50.2 Å². The van der Waals surface area contributed by atoms with Crippen molar-refractivity contribution in [2.75, 3.05) is 16.8 Å². The summed E-state index contributed by atoms with van der Waals surface area (Å²) in [7, 11) is 0. The van der Waals surface area contributed by atoms with Gasteiger partial charge in [0.1, 0.15) is 12.1 Å². The lowest BCUT2D eigenvalue weighted by molar-refractivity contribution is -0.122. The molecule has 4 rings (SSSR count). The zero-order chi connectivity index (χ0) is 19.7. The van der Waals surface area contributed by atoms with Gasteiger partial charge in [0.25, 0.3) is 0 Å². The average molecular weight is 376 g/mol. The molecular formula is C20H20N6O2. The summed E-state index contributed by atoms with van der Waals surface area (Å²) in [5, 5.41) is 7.20. The van der Waals surface area contributed by atoms with Gasteiger partial charge >= 0.3 is 0 Å². The molecule has 2 aromatic heterocycles. The standard InChI is InChI=1S/C20H20N6O2/c1-13-8-14(2)26(24-13)18-10-17(21-12-22-18)23-20(28)15-9-19(27)25(11-15)16-6-4-3-5-7-16/h3-8,10,12,15H,9,11H2,1-2H3,(H,21,22,23,28). The summed E-state index contributed by atoms with van der Waals surface area (Å²) in [4.78, 5) is 35.0. The molecule has 142 valence electrons. The molecule has 1 aliphatic rings. The highest BCUT2D eigenvalue weighted by atomic mass is 16.2. The van der Waals surface area contributed by atoms with E-state index in [-0.39, 0.29) is 18.2 Å². The summed E-state index contributed by atoms with van der Waals surface area (Å²) < 4.78 is 1.70. The van der Waals surface area contributed by atoms with E-state index in [2.05, 4.69) is 20.4 Å². The molecular weight excluding hydrogens is 356 g/mol. The molecule has 1 unspecified atom stereocenters. The summed E-state index contributed by atoms with van der Waals surface area (Å²) in [5.74, 6) is 0.236. The van der Waals surface area contributed by atoms with Gasteiger partial charge in [0.15, 0.2) is 5.82 Å².